The van der Waals surface area contributed by atoms with Gasteiger partial charge in [0.1, 0.15) is 17.4 Å². The topological polar surface area (TPSA) is 39.2 Å². The molecule has 0 saturated heterocycles. The van der Waals surface area contributed by atoms with Crippen LogP contribution in [-0.4, -0.2) is 11.3 Å². The Morgan fingerprint density at radius 2 is 2.35 bits per heavy atom. The second-order valence-corrected chi connectivity index (χ2v) is 5.27. The minimum atomic E-state index is 0.429. The Morgan fingerprint density at radius 3 is 3.00 bits per heavy atom. The minimum Gasteiger partial charge on any atom is -0.486 e. The summed E-state index contributed by atoms with van der Waals surface area (Å²) in [4.78, 5) is 15.1. The molecule has 2 rings (SSSR count). The molecule has 1 aromatic heterocycles. The van der Waals surface area contributed by atoms with Gasteiger partial charge < -0.3 is 4.74 Å². The van der Waals surface area contributed by atoms with Crippen molar-refractivity contribution < 1.29 is 9.53 Å². The summed E-state index contributed by atoms with van der Waals surface area (Å²) in [7, 11) is 0. The second-order valence-electron chi connectivity index (χ2n) is 3.47. The van der Waals surface area contributed by atoms with Crippen molar-refractivity contribution in [2.45, 2.75) is 13.5 Å². The summed E-state index contributed by atoms with van der Waals surface area (Å²) < 4.78 is 6.34. The molecule has 1 aromatic carbocycles. The smallest absolute Gasteiger partial charge is 0.151 e. The Hall–Kier alpha value is -1.20. The molecule has 1 heterocycles. The zero-order valence-electron chi connectivity index (χ0n) is 9.14. The molecule has 17 heavy (non-hydrogen) atoms. The van der Waals surface area contributed by atoms with Crippen molar-refractivity contribution in [2.75, 3.05) is 0 Å². The van der Waals surface area contributed by atoms with Crippen LogP contribution in [0.4, 0.5) is 0 Å². The van der Waals surface area contributed by atoms with Crippen molar-refractivity contribution in [3.05, 3.63) is 44.3 Å². The minimum absolute atomic E-state index is 0.429. The summed E-state index contributed by atoms with van der Waals surface area (Å²) >= 11 is 4.86. The summed E-state index contributed by atoms with van der Waals surface area (Å²) in [5.74, 6) is 0.670. The largest absolute Gasteiger partial charge is 0.486 e. The normalized spacial score (nSPS) is 10.2. The maximum Gasteiger partial charge on any atom is 0.151 e. The Labute approximate surface area is 112 Å². The molecule has 2 aromatic rings. The fourth-order valence-corrected chi connectivity index (χ4v) is 2.34. The van der Waals surface area contributed by atoms with Crippen molar-refractivity contribution in [2.24, 2.45) is 0 Å². The zero-order valence-corrected chi connectivity index (χ0v) is 11.5. The lowest BCUT2D eigenvalue weighted by atomic mass is 10.2. The van der Waals surface area contributed by atoms with Crippen LogP contribution in [0.1, 0.15) is 21.1 Å². The van der Waals surface area contributed by atoms with Crippen LogP contribution >= 0.6 is 27.3 Å². The third-order valence-electron chi connectivity index (χ3n) is 2.12. The van der Waals surface area contributed by atoms with Crippen LogP contribution in [0.2, 0.25) is 0 Å². The molecule has 0 aliphatic carbocycles. The van der Waals surface area contributed by atoms with E-state index >= 15 is 0 Å². The number of hydrogen-bond donors (Lipinski definition) is 0. The van der Waals surface area contributed by atoms with Crippen molar-refractivity contribution in [3.63, 3.8) is 0 Å². The first-order valence-corrected chi connectivity index (χ1v) is 6.65. The van der Waals surface area contributed by atoms with Gasteiger partial charge in [-0.1, -0.05) is 15.9 Å². The first-order valence-electron chi connectivity index (χ1n) is 4.97. The highest BCUT2D eigenvalue weighted by atomic mass is 79.9. The van der Waals surface area contributed by atoms with E-state index in [-0.39, 0.29) is 0 Å². The van der Waals surface area contributed by atoms with Gasteiger partial charge in [-0.15, -0.1) is 11.3 Å². The lowest BCUT2D eigenvalue weighted by Crippen LogP contribution is -1.95. The highest BCUT2D eigenvalue weighted by Gasteiger charge is 2.03. The number of aromatic nitrogens is 1. The number of halogens is 1. The van der Waals surface area contributed by atoms with E-state index in [0.717, 1.165) is 21.5 Å². The number of ether oxygens (including phenoxy) is 1. The number of rotatable bonds is 4. The molecular weight excluding hydrogens is 302 g/mol. The second kappa shape index (κ2) is 5.42. The monoisotopic (exact) mass is 311 g/mol. The fraction of sp³-hybridized carbons (Fsp3) is 0.167. The molecule has 88 valence electrons. The zero-order chi connectivity index (χ0) is 12.3. The maximum atomic E-state index is 10.8. The molecule has 5 heteroatoms. The van der Waals surface area contributed by atoms with Crippen LogP contribution in [0.3, 0.4) is 0 Å². The Bertz CT molecular complexity index is 539. The van der Waals surface area contributed by atoms with E-state index in [1.54, 1.807) is 23.5 Å². The molecule has 0 aliphatic heterocycles. The molecule has 0 atom stereocenters. The quantitative estimate of drug-likeness (QED) is 0.810. The van der Waals surface area contributed by atoms with Gasteiger partial charge >= 0.3 is 0 Å². The predicted molar refractivity (Wildman–Crippen MR) is 70.7 cm³/mol. The first kappa shape index (κ1) is 12.3. The van der Waals surface area contributed by atoms with Crippen molar-refractivity contribution in [3.8, 4) is 5.75 Å². The Kier molecular flexibility index (Phi) is 3.91. The molecule has 0 amide bonds. The van der Waals surface area contributed by atoms with Gasteiger partial charge in [-0.3, -0.25) is 4.79 Å². The van der Waals surface area contributed by atoms with Crippen LogP contribution < -0.4 is 4.74 Å². The van der Waals surface area contributed by atoms with E-state index in [2.05, 4.69) is 20.9 Å². The molecule has 0 saturated carbocycles. The molecule has 3 nitrogen and oxygen atoms in total. The van der Waals surface area contributed by atoms with Gasteiger partial charge in [-0.25, -0.2) is 4.98 Å². The van der Waals surface area contributed by atoms with Gasteiger partial charge in [0.2, 0.25) is 0 Å². The number of aryl methyl sites for hydroxylation is 1. The number of benzene rings is 1. The summed E-state index contributed by atoms with van der Waals surface area (Å²) in [6, 6.07) is 5.32. The molecule has 0 spiro atoms. The number of carbonyl (C=O) groups is 1. The number of hydrogen-bond acceptors (Lipinski definition) is 4. The Morgan fingerprint density at radius 1 is 1.53 bits per heavy atom. The van der Waals surface area contributed by atoms with Gasteiger partial charge in [0.15, 0.2) is 6.29 Å². The lowest BCUT2D eigenvalue weighted by Gasteiger charge is -2.05. The van der Waals surface area contributed by atoms with Gasteiger partial charge in [0, 0.05) is 21.1 Å². The van der Waals surface area contributed by atoms with E-state index in [0.29, 0.717) is 17.9 Å². The van der Waals surface area contributed by atoms with E-state index in [1.807, 2.05) is 18.4 Å². The number of nitrogens with zero attached hydrogens (tertiary/aromatic N) is 1. The van der Waals surface area contributed by atoms with Crippen molar-refractivity contribution in [1.82, 2.24) is 4.98 Å². The molecule has 0 radical (unpaired) electrons. The standard InChI is InChI=1S/C12H10BrNO2S/c1-8-7-17-12(14-8)6-16-10-2-3-11(13)9(4-10)5-15/h2-5,7H,6H2,1H3. The Balaban J connectivity index is 2.06. The third kappa shape index (κ3) is 3.14. The SMILES string of the molecule is Cc1csc(COc2ccc(Br)c(C=O)c2)n1. The average molecular weight is 312 g/mol. The van der Waals surface area contributed by atoms with Gasteiger partial charge in [-0.2, -0.15) is 0 Å². The highest BCUT2D eigenvalue weighted by Crippen LogP contribution is 2.22. The summed E-state index contributed by atoms with van der Waals surface area (Å²) in [6.45, 7) is 2.38. The van der Waals surface area contributed by atoms with Crippen molar-refractivity contribution >= 4 is 33.6 Å². The summed E-state index contributed by atoms with van der Waals surface area (Å²) in [6.07, 6.45) is 0.796. The number of aldehydes is 1. The highest BCUT2D eigenvalue weighted by molar-refractivity contribution is 9.10. The number of carbonyl (C=O) groups excluding carboxylic acids is 1. The fourth-order valence-electron chi connectivity index (χ4n) is 1.32. The third-order valence-corrected chi connectivity index (χ3v) is 3.79. The summed E-state index contributed by atoms with van der Waals surface area (Å²) in [5, 5.41) is 2.91. The van der Waals surface area contributed by atoms with Crippen LogP contribution in [0.25, 0.3) is 0 Å². The van der Waals surface area contributed by atoms with Crippen molar-refractivity contribution in [1.29, 1.82) is 0 Å². The lowest BCUT2D eigenvalue weighted by molar-refractivity contribution is 0.112. The van der Waals surface area contributed by atoms with Gasteiger partial charge in [-0.05, 0) is 25.1 Å². The van der Waals surface area contributed by atoms with Gasteiger partial charge in [0.05, 0.1) is 0 Å². The maximum absolute atomic E-state index is 10.8. The van der Waals surface area contributed by atoms with E-state index in [9.17, 15) is 4.79 Å². The van der Waals surface area contributed by atoms with E-state index in [1.165, 1.54) is 0 Å². The summed E-state index contributed by atoms with van der Waals surface area (Å²) in [5.41, 5.74) is 1.58. The molecule has 0 bridgehead atoms. The van der Waals surface area contributed by atoms with Crippen LogP contribution in [0, 0.1) is 6.92 Å². The van der Waals surface area contributed by atoms with Crippen LogP contribution in [-0.2, 0) is 6.61 Å². The number of thiazole rings is 1. The molecular formula is C12H10BrNO2S. The molecule has 0 N–H and O–H groups in total. The van der Waals surface area contributed by atoms with E-state index in [4.69, 9.17) is 4.74 Å². The molecule has 0 fully saturated rings. The van der Waals surface area contributed by atoms with Crippen LogP contribution in [0.15, 0.2) is 28.1 Å². The van der Waals surface area contributed by atoms with Gasteiger partial charge in [0.25, 0.3) is 0 Å². The predicted octanol–water partition coefficient (Wildman–Crippen LogP) is 3.61. The van der Waals surface area contributed by atoms with Crippen LogP contribution in [0.5, 0.6) is 5.75 Å². The average Bonchev–Trinajstić information content (AvgIpc) is 2.74. The first-order chi connectivity index (χ1) is 8.19. The molecule has 0 aliphatic rings. The molecule has 0 unspecified atom stereocenters. The van der Waals surface area contributed by atoms with E-state index < -0.39 is 0 Å².